The summed E-state index contributed by atoms with van der Waals surface area (Å²) in [5.41, 5.74) is 0.845. The molecule has 0 saturated heterocycles. The molecule has 2 rings (SSSR count). The summed E-state index contributed by atoms with van der Waals surface area (Å²) in [6.07, 6.45) is 0. The van der Waals surface area contributed by atoms with E-state index in [0.717, 1.165) is 22.3 Å². The Labute approximate surface area is 165 Å². The number of aryl methyl sites for hydroxylation is 1. The SMILES string of the molecule is COCc1nc(OC)c2c(C)c(C(=O)NCCN(C(C)C)C(C)C)sc2n1. The molecule has 0 aromatic carbocycles. The molecule has 0 saturated carbocycles. The Kier molecular flexibility index (Phi) is 7.52. The van der Waals surface area contributed by atoms with Crippen molar-refractivity contribution in [1.29, 1.82) is 0 Å². The van der Waals surface area contributed by atoms with Crippen molar-refractivity contribution in [3.05, 3.63) is 16.3 Å². The lowest BCUT2D eigenvalue weighted by atomic mass is 10.2. The summed E-state index contributed by atoms with van der Waals surface area (Å²) in [5.74, 6) is 0.934. The number of methoxy groups -OCH3 is 2. The predicted molar refractivity (Wildman–Crippen MR) is 109 cm³/mol. The number of amides is 1. The van der Waals surface area contributed by atoms with Gasteiger partial charge in [-0.3, -0.25) is 9.69 Å². The highest BCUT2D eigenvalue weighted by molar-refractivity contribution is 7.20. The first-order valence-electron chi connectivity index (χ1n) is 9.17. The van der Waals surface area contributed by atoms with Crippen LogP contribution in [0.1, 0.15) is 48.8 Å². The third-order valence-corrected chi connectivity index (χ3v) is 5.64. The van der Waals surface area contributed by atoms with Crippen molar-refractivity contribution in [3.8, 4) is 5.88 Å². The van der Waals surface area contributed by atoms with E-state index >= 15 is 0 Å². The molecule has 1 N–H and O–H groups in total. The maximum atomic E-state index is 12.7. The van der Waals surface area contributed by atoms with Crippen molar-refractivity contribution in [2.45, 2.75) is 53.3 Å². The van der Waals surface area contributed by atoms with E-state index in [2.05, 4.69) is 47.9 Å². The second kappa shape index (κ2) is 9.43. The van der Waals surface area contributed by atoms with Crippen LogP contribution in [0.2, 0.25) is 0 Å². The second-order valence-electron chi connectivity index (χ2n) is 7.00. The van der Waals surface area contributed by atoms with Crippen LogP contribution in [0.3, 0.4) is 0 Å². The zero-order valence-electron chi connectivity index (χ0n) is 17.3. The lowest BCUT2D eigenvalue weighted by molar-refractivity contribution is 0.0943. The molecule has 27 heavy (non-hydrogen) atoms. The van der Waals surface area contributed by atoms with Gasteiger partial charge in [0.15, 0.2) is 5.82 Å². The number of hydrogen-bond acceptors (Lipinski definition) is 7. The minimum atomic E-state index is -0.0849. The Balaban J connectivity index is 2.20. The first kappa shape index (κ1) is 21.5. The van der Waals surface area contributed by atoms with Crippen LogP contribution in [0.5, 0.6) is 5.88 Å². The van der Waals surface area contributed by atoms with Crippen LogP contribution < -0.4 is 10.1 Å². The Hall–Kier alpha value is -1.77. The molecule has 0 aliphatic heterocycles. The van der Waals surface area contributed by atoms with Crippen molar-refractivity contribution >= 4 is 27.5 Å². The van der Waals surface area contributed by atoms with Crippen LogP contribution in [0.25, 0.3) is 10.2 Å². The highest BCUT2D eigenvalue weighted by Crippen LogP contribution is 2.34. The average molecular weight is 395 g/mol. The minimum absolute atomic E-state index is 0.0849. The summed E-state index contributed by atoms with van der Waals surface area (Å²) in [6, 6.07) is 0.874. The van der Waals surface area contributed by atoms with Gasteiger partial charge in [-0.05, 0) is 40.2 Å². The first-order chi connectivity index (χ1) is 12.8. The number of carbonyl (C=O) groups is 1. The van der Waals surface area contributed by atoms with E-state index in [1.165, 1.54) is 11.3 Å². The van der Waals surface area contributed by atoms with Crippen molar-refractivity contribution in [3.63, 3.8) is 0 Å². The maximum Gasteiger partial charge on any atom is 0.261 e. The fourth-order valence-corrected chi connectivity index (χ4v) is 4.30. The van der Waals surface area contributed by atoms with Crippen LogP contribution in [-0.4, -0.2) is 60.2 Å². The molecule has 0 bridgehead atoms. The maximum absolute atomic E-state index is 12.7. The number of hydrogen-bond donors (Lipinski definition) is 1. The van der Waals surface area contributed by atoms with E-state index in [-0.39, 0.29) is 5.91 Å². The first-order valence-corrected chi connectivity index (χ1v) is 9.98. The van der Waals surface area contributed by atoms with Gasteiger partial charge < -0.3 is 14.8 Å². The van der Waals surface area contributed by atoms with Gasteiger partial charge in [0.2, 0.25) is 5.88 Å². The predicted octanol–water partition coefficient (Wildman–Crippen LogP) is 3.00. The molecule has 0 aliphatic carbocycles. The van der Waals surface area contributed by atoms with Gasteiger partial charge in [0, 0.05) is 32.3 Å². The highest BCUT2D eigenvalue weighted by atomic mass is 32.1. The van der Waals surface area contributed by atoms with Gasteiger partial charge in [-0.15, -0.1) is 11.3 Å². The summed E-state index contributed by atoms with van der Waals surface area (Å²) in [7, 11) is 3.16. The van der Waals surface area contributed by atoms with E-state index < -0.39 is 0 Å². The van der Waals surface area contributed by atoms with Gasteiger partial charge >= 0.3 is 0 Å². The van der Waals surface area contributed by atoms with Crippen LogP contribution in [0.4, 0.5) is 0 Å². The van der Waals surface area contributed by atoms with Crippen LogP contribution in [0, 0.1) is 6.92 Å². The number of rotatable bonds is 9. The number of nitrogens with zero attached hydrogens (tertiary/aromatic N) is 3. The quantitative estimate of drug-likeness (QED) is 0.705. The zero-order chi connectivity index (χ0) is 20.1. The molecular formula is C19H30N4O3S. The smallest absolute Gasteiger partial charge is 0.261 e. The van der Waals surface area contributed by atoms with Crippen LogP contribution in [-0.2, 0) is 11.3 Å². The van der Waals surface area contributed by atoms with Crippen LogP contribution >= 0.6 is 11.3 Å². The van der Waals surface area contributed by atoms with Crippen LogP contribution in [0.15, 0.2) is 0 Å². The molecule has 1 amide bonds. The molecule has 7 nitrogen and oxygen atoms in total. The standard InChI is InChI=1S/C19H30N4O3S/c1-11(2)23(12(3)4)9-8-20-17(24)16-13(5)15-18(26-7)21-14(10-25-6)22-19(15)27-16/h11-12H,8-10H2,1-7H3,(H,20,24). The lowest BCUT2D eigenvalue weighted by Gasteiger charge is -2.30. The molecule has 2 heterocycles. The van der Waals surface area contributed by atoms with E-state index in [1.807, 2.05) is 6.92 Å². The van der Waals surface area contributed by atoms with Crippen molar-refractivity contribution in [1.82, 2.24) is 20.2 Å². The topological polar surface area (TPSA) is 76.6 Å². The molecule has 2 aromatic heterocycles. The number of aromatic nitrogens is 2. The molecule has 150 valence electrons. The van der Waals surface area contributed by atoms with E-state index in [4.69, 9.17) is 9.47 Å². The van der Waals surface area contributed by atoms with Crippen molar-refractivity contribution in [2.75, 3.05) is 27.3 Å². The Morgan fingerprint density at radius 3 is 2.41 bits per heavy atom. The third kappa shape index (κ3) is 4.94. The average Bonchev–Trinajstić information content (AvgIpc) is 2.94. The largest absolute Gasteiger partial charge is 0.480 e. The summed E-state index contributed by atoms with van der Waals surface area (Å²) in [4.78, 5) is 25.4. The summed E-state index contributed by atoms with van der Waals surface area (Å²) in [5, 5.41) is 3.82. The van der Waals surface area contributed by atoms with E-state index in [1.54, 1.807) is 14.2 Å². The van der Waals surface area contributed by atoms with Gasteiger partial charge in [-0.1, -0.05) is 0 Å². The molecule has 0 unspecified atom stereocenters. The normalized spacial score (nSPS) is 11.8. The number of fused-ring (bicyclic) bond motifs is 1. The molecule has 8 heteroatoms. The number of nitrogens with one attached hydrogen (secondary N) is 1. The Morgan fingerprint density at radius 2 is 1.85 bits per heavy atom. The number of thiophene rings is 1. The summed E-state index contributed by atoms with van der Waals surface area (Å²) >= 11 is 1.36. The molecule has 0 spiro atoms. The van der Waals surface area contributed by atoms with E-state index in [0.29, 0.717) is 41.8 Å². The number of ether oxygens (including phenoxy) is 2. The highest BCUT2D eigenvalue weighted by Gasteiger charge is 2.21. The molecule has 0 fully saturated rings. The fraction of sp³-hybridized carbons (Fsp3) is 0.632. The molecule has 0 atom stereocenters. The van der Waals surface area contributed by atoms with Gasteiger partial charge in [-0.25, -0.2) is 4.98 Å². The Bertz CT molecular complexity index is 781. The minimum Gasteiger partial charge on any atom is -0.480 e. The molecular weight excluding hydrogens is 364 g/mol. The van der Waals surface area contributed by atoms with Gasteiger partial charge in [-0.2, -0.15) is 4.98 Å². The van der Waals surface area contributed by atoms with E-state index in [9.17, 15) is 4.79 Å². The van der Waals surface area contributed by atoms with Gasteiger partial charge in [0.1, 0.15) is 11.4 Å². The summed E-state index contributed by atoms with van der Waals surface area (Å²) < 4.78 is 10.5. The van der Waals surface area contributed by atoms with Gasteiger partial charge in [0.05, 0.1) is 17.4 Å². The third-order valence-electron chi connectivity index (χ3n) is 4.46. The fourth-order valence-electron chi connectivity index (χ4n) is 3.19. The monoisotopic (exact) mass is 394 g/mol. The Morgan fingerprint density at radius 1 is 1.19 bits per heavy atom. The second-order valence-corrected chi connectivity index (χ2v) is 8.00. The zero-order valence-corrected chi connectivity index (χ0v) is 18.1. The molecule has 0 radical (unpaired) electrons. The summed E-state index contributed by atoms with van der Waals surface area (Å²) in [6.45, 7) is 12.3. The lowest BCUT2D eigenvalue weighted by Crippen LogP contribution is -2.42. The molecule has 2 aromatic rings. The number of carbonyl (C=O) groups excluding carboxylic acids is 1. The van der Waals surface area contributed by atoms with Gasteiger partial charge in [0.25, 0.3) is 5.91 Å². The van der Waals surface area contributed by atoms with Crippen molar-refractivity contribution < 1.29 is 14.3 Å². The van der Waals surface area contributed by atoms with Crippen molar-refractivity contribution in [2.24, 2.45) is 0 Å². The molecule has 0 aliphatic rings.